The van der Waals surface area contributed by atoms with Crippen molar-refractivity contribution in [2.75, 3.05) is 17.5 Å². The first-order chi connectivity index (χ1) is 19.2. The van der Waals surface area contributed by atoms with Crippen molar-refractivity contribution in [1.29, 1.82) is 0 Å². The second-order valence-electron chi connectivity index (χ2n) is 10.4. The van der Waals surface area contributed by atoms with Gasteiger partial charge in [-0.3, -0.25) is 13.9 Å². The molecule has 2 amide bonds. The van der Waals surface area contributed by atoms with Crippen LogP contribution in [0.15, 0.2) is 82.2 Å². The van der Waals surface area contributed by atoms with Gasteiger partial charge in [0.05, 0.1) is 17.2 Å². The van der Waals surface area contributed by atoms with Gasteiger partial charge in [0.15, 0.2) is 0 Å². The summed E-state index contributed by atoms with van der Waals surface area (Å²) >= 11 is 3.31. The number of nitrogens with zero attached hydrogens (tertiary/aromatic N) is 2. The largest absolute Gasteiger partial charge is 0.494 e. The van der Waals surface area contributed by atoms with Crippen LogP contribution in [0.4, 0.5) is 10.1 Å². The van der Waals surface area contributed by atoms with E-state index in [9.17, 15) is 22.4 Å². The minimum absolute atomic E-state index is 0.0263. The summed E-state index contributed by atoms with van der Waals surface area (Å²) in [5.41, 5.74) is -0.167. The van der Waals surface area contributed by atoms with Crippen LogP contribution in [0.5, 0.6) is 5.75 Å². The first-order valence-electron chi connectivity index (χ1n) is 13.1. The molecule has 0 heterocycles. The third-order valence-corrected chi connectivity index (χ3v) is 8.40. The zero-order chi connectivity index (χ0) is 30.4. The molecule has 41 heavy (non-hydrogen) atoms. The van der Waals surface area contributed by atoms with Crippen LogP contribution in [0.25, 0.3) is 0 Å². The van der Waals surface area contributed by atoms with E-state index in [1.54, 1.807) is 63.2 Å². The van der Waals surface area contributed by atoms with E-state index in [1.165, 1.54) is 42.2 Å². The summed E-state index contributed by atoms with van der Waals surface area (Å²) in [6.07, 6.45) is 0. The summed E-state index contributed by atoms with van der Waals surface area (Å²) in [6.45, 7) is 8.34. The highest BCUT2D eigenvalue weighted by atomic mass is 79.9. The Hall–Kier alpha value is -3.44. The van der Waals surface area contributed by atoms with Crippen molar-refractivity contribution in [2.24, 2.45) is 0 Å². The summed E-state index contributed by atoms with van der Waals surface area (Å²) in [7, 11) is -4.23. The van der Waals surface area contributed by atoms with Gasteiger partial charge in [0.1, 0.15) is 24.2 Å². The average molecular weight is 649 g/mol. The van der Waals surface area contributed by atoms with Crippen LogP contribution in [-0.4, -0.2) is 49.9 Å². The van der Waals surface area contributed by atoms with E-state index in [1.807, 2.05) is 6.92 Å². The molecule has 1 unspecified atom stereocenters. The Labute approximate surface area is 249 Å². The van der Waals surface area contributed by atoms with Crippen LogP contribution < -0.4 is 14.4 Å². The molecule has 3 aromatic carbocycles. The van der Waals surface area contributed by atoms with E-state index in [0.29, 0.717) is 16.8 Å². The van der Waals surface area contributed by atoms with Gasteiger partial charge in [-0.15, -0.1) is 0 Å². The predicted molar refractivity (Wildman–Crippen MR) is 161 cm³/mol. The minimum atomic E-state index is -4.23. The van der Waals surface area contributed by atoms with E-state index in [4.69, 9.17) is 4.74 Å². The minimum Gasteiger partial charge on any atom is -0.494 e. The average Bonchev–Trinajstić information content (AvgIpc) is 2.90. The third-order valence-electron chi connectivity index (χ3n) is 6.08. The number of carbonyl (C=O) groups excluding carboxylic acids is 2. The molecular weight excluding hydrogens is 613 g/mol. The SMILES string of the molecule is CCOc1ccc(N(CC(=O)N(Cc2ccccc2F)C(C)C(=O)NC(C)(C)C)S(=O)(=O)c2ccc(Br)cc2)cc1. The normalized spacial score (nSPS) is 12.4. The Morgan fingerprint density at radius 1 is 1.00 bits per heavy atom. The molecule has 0 aliphatic rings. The molecule has 0 saturated heterocycles. The number of hydrogen-bond donors (Lipinski definition) is 1. The van der Waals surface area contributed by atoms with Crippen LogP contribution >= 0.6 is 15.9 Å². The van der Waals surface area contributed by atoms with Crippen LogP contribution in [0.1, 0.15) is 40.2 Å². The second-order valence-corrected chi connectivity index (χ2v) is 13.2. The van der Waals surface area contributed by atoms with E-state index >= 15 is 0 Å². The van der Waals surface area contributed by atoms with Crippen molar-refractivity contribution in [3.63, 3.8) is 0 Å². The van der Waals surface area contributed by atoms with Crippen molar-refractivity contribution in [2.45, 2.75) is 57.6 Å². The van der Waals surface area contributed by atoms with Gasteiger partial charge in [-0.1, -0.05) is 34.1 Å². The molecule has 0 radical (unpaired) electrons. The number of benzene rings is 3. The van der Waals surface area contributed by atoms with Crippen LogP contribution in [0, 0.1) is 5.82 Å². The zero-order valence-corrected chi connectivity index (χ0v) is 26.1. The molecular formula is C30H35BrFN3O5S. The molecule has 0 saturated carbocycles. The number of carbonyl (C=O) groups is 2. The molecule has 0 fully saturated rings. The van der Waals surface area contributed by atoms with Gasteiger partial charge in [0.25, 0.3) is 10.0 Å². The van der Waals surface area contributed by atoms with Crippen LogP contribution in [0.3, 0.4) is 0 Å². The molecule has 0 spiro atoms. The fourth-order valence-electron chi connectivity index (χ4n) is 4.00. The van der Waals surface area contributed by atoms with Crippen molar-refractivity contribution in [3.8, 4) is 5.75 Å². The Balaban J connectivity index is 2.05. The topological polar surface area (TPSA) is 96.0 Å². The smallest absolute Gasteiger partial charge is 0.264 e. The standard InChI is InChI=1S/C30H35BrFN3O5S/c1-6-40-25-15-13-24(14-16-25)35(41(38,39)26-17-11-23(31)12-18-26)20-28(36)34(19-22-9-7-8-10-27(22)32)21(2)29(37)33-30(3,4)5/h7-18,21H,6,19-20H2,1-5H3,(H,33,37). The summed E-state index contributed by atoms with van der Waals surface area (Å²) in [5.74, 6) is -1.14. The fraction of sp³-hybridized carbons (Fsp3) is 0.333. The van der Waals surface area contributed by atoms with Crippen LogP contribution in [-0.2, 0) is 26.2 Å². The van der Waals surface area contributed by atoms with Crippen molar-refractivity contribution in [3.05, 3.63) is 88.6 Å². The number of ether oxygens (including phenoxy) is 1. The quantitative estimate of drug-likeness (QED) is 0.296. The summed E-state index contributed by atoms with van der Waals surface area (Å²) in [4.78, 5) is 28.2. The van der Waals surface area contributed by atoms with Crippen molar-refractivity contribution >= 4 is 43.5 Å². The molecule has 0 aliphatic carbocycles. The van der Waals surface area contributed by atoms with E-state index in [2.05, 4.69) is 21.2 Å². The van der Waals surface area contributed by atoms with Gasteiger partial charge in [0, 0.05) is 22.1 Å². The van der Waals surface area contributed by atoms with Crippen LogP contribution in [0.2, 0.25) is 0 Å². The second kappa shape index (κ2) is 13.5. The van der Waals surface area contributed by atoms with Gasteiger partial charge in [-0.05, 0) is 89.2 Å². The molecule has 3 rings (SSSR count). The Morgan fingerprint density at radius 2 is 1.61 bits per heavy atom. The molecule has 1 atom stereocenters. The maximum atomic E-state index is 14.7. The molecule has 0 aromatic heterocycles. The molecule has 3 aromatic rings. The number of nitrogens with one attached hydrogen (secondary N) is 1. The number of amides is 2. The number of sulfonamides is 1. The fourth-order valence-corrected chi connectivity index (χ4v) is 5.68. The highest BCUT2D eigenvalue weighted by Gasteiger charge is 2.33. The Kier molecular flexibility index (Phi) is 10.5. The lowest BCUT2D eigenvalue weighted by Crippen LogP contribution is -2.54. The summed E-state index contributed by atoms with van der Waals surface area (Å²) in [5, 5.41) is 2.84. The molecule has 0 aliphatic heterocycles. The Morgan fingerprint density at radius 3 is 2.17 bits per heavy atom. The number of halogens is 2. The first kappa shape index (κ1) is 32.1. The van der Waals surface area contributed by atoms with Crippen molar-refractivity contribution < 1.29 is 27.1 Å². The van der Waals surface area contributed by atoms with E-state index in [-0.39, 0.29) is 22.7 Å². The van der Waals surface area contributed by atoms with Gasteiger partial charge in [-0.25, -0.2) is 12.8 Å². The maximum absolute atomic E-state index is 14.7. The predicted octanol–water partition coefficient (Wildman–Crippen LogP) is 5.51. The highest BCUT2D eigenvalue weighted by molar-refractivity contribution is 9.10. The third kappa shape index (κ3) is 8.53. The Bertz CT molecular complexity index is 1460. The molecule has 11 heteroatoms. The highest BCUT2D eigenvalue weighted by Crippen LogP contribution is 2.27. The van der Waals surface area contributed by atoms with Crippen molar-refractivity contribution in [1.82, 2.24) is 10.2 Å². The number of hydrogen-bond acceptors (Lipinski definition) is 5. The summed E-state index contributed by atoms with van der Waals surface area (Å²) in [6, 6.07) is 17.3. The molecule has 8 nitrogen and oxygen atoms in total. The number of anilines is 1. The lowest BCUT2D eigenvalue weighted by Gasteiger charge is -2.33. The van der Waals surface area contributed by atoms with E-state index in [0.717, 1.165) is 4.31 Å². The zero-order valence-electron chi connectivity index (χ0n) is 23.7. The molecule has 220 valence electrons. The monoisotopic (exact) mass is 647 g/mol. The lowest BCUT2D eigenvalue weighted by molar-refractivity contribution is -0.140. The molecule has 1 N–H and O–H groups in total. The van der Waals surface area contributed by atoms with Gasteiger partial charge in [-0.2, -0.15) is 0 Å². The van der Waals surface area contributed by atoms with Gasteiger partial charge in [0.2, 0.25) is 11.8 Å². The molecule has 0 bridgehead atoms. The first-order valence-corrected chi connectivity index (χ1v) is 15.3. The summed E-state index contributed by atoms with van der Waals surface area (Å²) < 4.78 is 49.6. The number of rotatable bonds is 11. The van der Waals surface area contributed by atoms with Gasteiger partial charge < -0.3 is 15.0 Å². The maximum Gasteiger partial charge on any atom is 0.264 e. The lowest BCUT2D eigenvalue weighted by atomic mass is 10.1. The van der Waals surface area contributed by atoms with Gasteiger partial charge >= 0.3 is 0 Å². The van der Waals surface area contributed by atoms with E-state index < -0.39 is 45.8 Å².